The van der Waals surface area contributed by atoms with E-state index in [0.29, 0.717) is 0 Å². The monoisotopic (exact) mass is 525 g/mol. The van der Waals surface area contributed by atoms with Crippen LogP contribution in [0.1, 0.15) is 206 Å². The molecule has 0 aromatic heterocycles. The maximum absolute atomic E-state index is 8.37. The third kappa shape index (κ3) is 32.0. The van der Waals surface area contributed by atoms with Crippen molar-refractivity contribution in [3.05, 3.63) is 0 Å². The molecule has 0 amide bonds. The van der Waals surface area contributed by atoms with Crippen molar-refractivity contribution in [1.82, 2.24) is 0 Å². The van der Waals surface area contributed by atoms with Gasteiger partial charge in [-0.05, 0) is 6.42 Å². The number of aliphatic hydroxyl groups excluding tert-OH is 2. The van der Waals surface area contributed by atoms with Crippen molar-refractivity contribution < 1.29 is 10.2 Å². The smallest absolute Gasteiger partial charge is 0.0481 e. The summed E-state index contributed by atoms with van der Waals surface area (Å²) < 4.78 is 0. The lowest BCUT2D eigenvalue weighted by Crippen LogP contribution is -2.08. The lowest BCUT2D eigenvalue weighted by molar-refractivity contribution is 0.147. The highest BCUT2D eigenvalue weighted by atomic mass is 16.3. The Hall–Kier alpha value is -0.0800. The van der Waals surface area contributed by atoms with E-state index in [4.69, 9.17) is 10.2 Å². The molecule has 0 radical (unpaired) electrons. The van der Waals surface area contributed by atoms with Gasteiger partial charge in [-0.3, -0.25) is 0 Å². The summed E-state index contributed by atoms with van der Waals surface area (Å²) in [4.78, 5) is 0. The number of hydrogen-bond acceptors (Lipinski definition) is 2. The fourth-order valence-corrected chi connectivity index (χ4v) is 5.62. The maximum atomic E-state index is 8.37. The van der Waals surface area contributed by atoms with Crippen LogP contribution >= 0.6 is 0 Å². The van der Waals surface area contributed by atoms with E-state index >= 15 is 0 Å². The van der Waals surface area contributed by atoms with Crippen LogP contribution in [0.5, 0.6) is 0 Å². The van der Waals surface area contributed by atoms with Gasteiger partial charge in [-0.1, -0.05) is 200 Å². The number of aliphatic hydroxyl groups is 2. The average molecular weight is 525 g/mol. The summed E-state index contributed by atoms with van der Waals surface area (Å²) in [5, 5.41) is 16.7. The van der Waals surface area contributed by atoms with E-state index in [1.807, 2.05) is 6.92 Å². The second-order valence-corrected chi connectivity index (χ2v) is 12.2. The minimum absolute atomic E-state index is 0.0972. The molecule has 0 spiro atoms. The van der Waals surface area contributed by atoms with Crippen LogP contribution in [0.4, 0.5) is 0 Å². The van der Waals surface area contributed by atoms with Gasteiger partial charge in [0.2, 0.25) is 0 Å². The molecule has 0 aromatic carbocycles. The van der Waals surface area contributed by atoms with Crippen molar-refractivity contribution in [3.63, 3.8) is 0 Å². The molecule has 0 aliphatic heterocycles. The minimum atomic E-state index is 0.0972. The third-order valence-electron chi connectivity index (χ3n) is 8.59. The fourth-order valence-electron chi connectivity index (χ4n) is 5.62. The molecule has 0 unspecified atom stereocenters. The third-order valence-corrected chi connectivity index (χ3v) is 8.59. The normalized spacial score (nSPS) is 21.4. The van der Waals surface area contributed by atoms with Crippen LogP contribution in [0.2, 0.25) is 0 Å². The van der Waals surface area contributed by atoms with Crippen LogP contribution < -0.4 is 0 Å². The molecule has 2 N–H and O–H groups in total. The van der Waals surface area contributed by atoms with Crippen molar-refractivity contribution >= 4 is 0 Å². The van der Waals surface area contributed by atoms with Gasteiger partial charge >= 0.3 is 0 Å². The van der Waals surface area contributed by atoms with Crippen molar-refractivity contribution in [2.45, 2.75) is 206 Å². The van der Waals surface area contributed by atoms with Crippen LogP contribution in [0.3, 0.4) is 0 Å². The zero-order chi connectivity index (χ0) is 26.9. The van der Waals surface area contributed by atoms with Crippen LogP contribution in [-0.2, 0) is 0 Å². The van der Waals surface area contributed by atoms with E-state index < -0.39 is 0 Å². The van der Waals surface area contributed by atoms with E-state index in [-0.39, 0.29) is 19.1 Å². The first-order valence-corrected chi connectivity index (χ1v) is 17.6. The molecular weight excluding hydrogens is 452 g/mol. The van der Waals surface area contributed by atoms with Crippen molar-refractivity contribution in [2.75, 3.05) is 13.2 Å². The highest BCUT2D eigenvalue weighted by Crippen LogP contribution is 2.17. The Bertz CT molecular complexity index is 227. The zero-order valence-corrected chi connectivity index (χ0v) is 25.8. The standard InChI is InChI=1S/3C10H20.C5H12O2/c3*1-2-4-6-8-10-9-7-5-3-1;1-2-5(3-6)4-7/h3*1-10H2;5-7H,2-4H2,1H3. The summed E-state index contributed by atoms with van der Waals surface area (Å²) in [5.74, 6) is 0.0972. The molecule has 2 nitrogen and oxygen atoms in total. The van der Waals surface area contributed by atoms with E-state index in [1.165, 1.54) is 193 Å². The molecular formula is C35H72O2. The Kier molecular flexibility index (Phi) is 33.9. The molecule has 3 aliphatic carbocycles. The quantitative estimate of drug-likeness (QED) is 0.385. The Morgan fingerprint density at radius 2 is 0.405 bits per heavy atom. The molecule has 3 aliphatic rings. The van der Waals surface area contributed by atoms with Gasteiger partial charge in [0.05, 0.1) is 0 Å². The van der Waals surface area contributed by atoms with Gasteiger partial charge in [-0.25, -0.2) is 0 Å². The molecule has 224 valence electrons. The Morgan fingerprint density at radius 1 is 0.297 bits per heavy atom. The first kappa shape index (κ1) is 36.9. The van der Waals surface area contributed by atoms with Gasteiger partial charge in [0.1, 0.15) is 0 Å². The SMILES string of the molecule is C1CCCCCCCCC1.C1CCCCCCCCC1.C1CCCCCCCCC1.CCC(CO)CO. The lowest BCUT2D eigenvalue weighted by atomic mass is 10.0. The fraction of sp³-hybridized carbons (Fsp3) is 1.00. The van der Waals surface area contributed by atoms with Gasteiger partial charge in [-0.15, -0.1) is 0 Å². The van der Waals surface area contributed by atoms with Crippen LogP contribution in [0.15, 0.2) is 0 Å². The minimum Gasteiger partial charge on any atom is -0.396 e. The summed E-state index contributed by atoms with van der Waals surface area (Å²) in [5.41, 5.74) is 0. The summed E-state index contributed by atoms with van der Waals surface area (Å²) in [6.45, 7) is 2.15. The maximum Gasteiger partial charge on any atom is 0.0481 e. The summed E-state index contributed by atoms with van der Waals surface area (Å²) in [6.07, 6.45) is 45.9. The number of hydrogen-bond donors (Lipinski definition) is 2. The molecule has 0 heterocycles. The second kappa shape index (κ2) is 33.9. The molecule has 37 heavy (non-hydrogen) atoms. The molecule has 0 aromatic rings. The zero-order valence-electron chi connectivity index (χ0n) is 25.8. The van der Waals surface area contributed by atoms with Crippen LogP contribution in [-0.4, -0.2) is 23.4 Å². The Labute approximate surface area is 235 Å². The second-order valence-electron chi connectivity index (χ2n) is 12.2. The van der Waals surface area contributed by atoms with E-state index in [2.05, 4.69) is 0 Å². The van der Waals surface area contributed by atoms with Gasteiger partial charge in [-0.2, -0.15) is 0 Å². The highest BCUT2D eigenvalue weighted by molar-refractivity contribution is 4.53. The van der Waals surface area contributed by atoms with E-state index in [1.54, 1.807) is 0 Å². The predicted octanol–water partition coefficient (Wildman–Crippen LogP) is 11.7. The van der Waals surface area contributed by atoms with Gasteiger partial charge in [0.15, 0.2) is 0 Å². The molecule has 3 saturated carbocycles. The Morgan fingerprint density at radius 3 is 0.432 bits per heavy atom. The highest BCUT2D eigenvalue weighted by Gasteiger charge is 1.99. The predicted molar refractivity (Wildman–Crippen MR) is 166 cm³/mol. The summed E-state index contributed by atoms with van der Waals surface area (Å²) in [6, 6.07) is 0. The van der Waals surface area contributed by atoms with E-state index in [0.717, 1.165) is 6.42 Å². The van der Waals surface area contributed by atoms with Gasteiger partial charge < -0.3 is 10.2 Å². The lowest BCUT2D eigenvalue weighted by Gasteiger charge is -2.05. The van der Waals surface area contributed by atoms with Crippen molar-refractivity contribution in [2.24, 2.45) is 5.92 Å². The number of rotatable bonds is 3. The largest absolute Gasteiger partial charge is 0.396 e. The van der Waals surface area contributed by atoms with E-state index in [9.17, 15) is 0 Å². The molecule has 0 atom stereocenters. The van der Waals surface area contributed by atoms with Gasteiger partial charge in [0, 0.05) is 19.1 Å². The van der Waals surface area contributed by atoms with Crippen molar-refractivity contribution in [1.29, 1.82) is 0 Å². The van der Waals surface area contributed by atoms with Crippen LogP contribution in [0, 0.1) is 5.92 Å². The van der Waals surface area contributed by atoms with Crippen molar-refractivity contribution in [3.8, 4) is 0 Å². The van der Waals surface area contributed by atoms with Crippen LogP contribution in [0.25, 0.3) is 0 Å². The first-order valence-electron chi connectivity index (χ1n) is 17.6. The molecule has 3 fully saturated rings. The molecule has 0 saturated heterocycles. The molecule has 3 rings (SSSR count). The first-order chi connectivity index (χ1) is 18.3. The topological polar surface area (TPSA) is 40.5 Å². The molecule has 2 heteroatoms. The van der Waals surface area contributed by atoms with Gasteiger partial charge in [0.25, 0.3) is 0 Å². The molecule has 0 bridgehead atoms. The summed E-state index contributed by atoms with van der Waals surface area (Å²) in [7, 11) is 0. The average Bonchev–Trinajstić information content (AvgIpc) is 2.96. The summed E-state index contributed by atoms with van der Waals surface area (Å²) >= 11 is 0. The Balaban J connectivity index is 0.000000472.